The number of carbonyl (C=O) groups excluding carboxylic acids is 2. The summed E-state index contributed by atoms with van der Waals surface area (Å²) < 4.78 is 3.76. The van der Waals surface area contributed by atoms with Crippen LogP contribution in [0.4, 0.5) is 5.69 Å². The maximum atomic E-state index is 13.9. The van der Waals surface area contributed by atoms with Gasteiger partial charge in [0.1, 0.15) is 17.6 Å². The third-order valence-corrected chi connectivity index (χ3v) is 8.46. The van der Waals surface area contributed by atoms with E-state index in [-0.39, 0.29) is 23.1 Å². The second-order valence-corrected chi connectivity index (χ2v) is 11.0. The lowest BCUT2D eigenvalue weighted by Gasteiger charge is -2.29. The molecule has 1 spiro atoms. The SMILES string of the molecule is Cn1nccc1C(=O)N[C@H](C(=O)Nc1ccc(-c2nccn2C2CC2)cc1)C1c2ccccc2CC12CC2. The average molecular weight is 507 g/mol. The predicted molar refractivity (Wildman–Crippen MR) is 144 cm³/mol. The Morgan fingerprint density at radius 2 is 1.82 bits per heavy atom. The van der Waals surface area contributed by atoms with Crippen molar-refractivity contribution in [3.05, 3.63) is 90.0 Å². The summed E-state index contributed by atoms with van der Waals surface area (Å²) in [6.45, 7) is 0. The molecule has 38 heavy (non-hydrogen) atoms. The van der Waals surface area contributed by atoms with E-state index in [4.69, 9.17) is 0 Å². The maximum Gasteiger partial charge on any atom is 0.270 e. The molecule has 3 aliphatic rings. The highest BCUT2D eigenvalue weighted by molar-refractivity contribution is 6.01. The smallest absolute Gasteiger partial charge is 0.270 e. The van der Waals surface area contributed by atoms with Crippen molar-refractivity contribution in [2.45, 2.75) is 50.1 Å². The topological polar surface area (TPSA) is 93.8 Å². The highest BCUT2D eigenvalue weighted by Crippen LogP contribution is 2.64. The first kappa shape index (κ1) is 23.0. The van der Waals surface area contributed by atoms with Gasteiger partial charge in [-0.25, -0.2) is 4.98 Å². The van der Waals surface area contributed by atoms with E-state index in [0.717, 1.165) is 36.2 Å². The Hall–Kier alpha value is -4.20. The second-order valence-electron chi connectivity index (χ2n) is 11.0. The molecule has 2 atom stereocenters. The van der Waals surface area contributed by atoms with Crippen molar-refractivity contribution >= 4 is 17.5 Å². The summed E-state index contributed by atoms with van der Waals surface area (Å²) in [6, 6.07) is 17.6. The van der Waals surface area contributed by atoms with Crippen molar-refractivity contribution in [2.24, 2.45) is 12.5 Å². The van der Waals surface area contributed by atoms with Gasteiger partial charge in [0.25, 0.3) is 5.91 Å². The monoisotopic (exact) mass is 506 g/mol. The molecule has 192 valence electrons. The number of amides is 2. The Kier molecular flexibility index (Phi) is 5.25. The lowest BCUT2D eigenvalue weighted by Crippen LogP contribution is -2.49. The molecule has 8 heteroatoms. The second kappa shape index (κ2) is 8.68. The Labute approximate surface area is 221 Å². The van der Waals surface area contributed by atoms with Crippen LogP contribution in [0.15, 0.2) is 73.2 Å². The number of aromatic nitrogens is 4. The van der Waals surface area contributed by atoms with Crippen molar-refractivity contribution in [3.8, 4) is 11.4 Å². The van der Waals surface area contributed by atoms with Crippen LogP contribution in [-0.4, -0.2) is 37.2 Å². The minimum Gasteiger partial charge on any atom is -0.338 e. The lowest BCUT2D eigenvalue weighted by atomic mass is 9.82. The zero-order valence-corrected chi connectivity index (χ0v) is 21.3. The molecule has 2 saturated carbocycles. The van der Waals surface area contributed by atoms with Gasteiger partial charge in [0.2, 0.25) is 5.91 Å². The number of nitrogens with one attached hydrogen (secondary N) is 2. The molecule has 2 amide bonds. The number of anilines is 1. The molecule has 8 nitrogen and oxygen atoms in total. The van der Waals surface area contributed by atoms with Gasteiger partial charge in [-0.05, 0) is 79.0 Å². The zero-order valence-electron chi connectivity index (χ0n) is 21.3. The molecule has 2 aromatic heterocycles. The molecule has 3 aliphatic carbocycles. The summed E-state index contributed by atoms with van der Waals surface area (Å²) in [5, 5.41) is 10.3. The largest absolute Gasteiger partial charge is 0.338 e. The number of hydrogen-bond donors (Lipinski definition) is 2. The van der Waals surface area contributed by atoms with Crippen LogP contribution in [0.25, 0.3) is 11.4 Å². The number of hydrogen-bond acceptors (Lipinski definition) is 4. The third-order valence-electron chi connectivity index (χ3n) is 8.46. The highest BCUT2D eigenvalue weighted by Gasteiger charge is 2.58. The van der Waals surface area contributed by atoms with Gasteiger partial charge in [0, 0.05) is 48.8 Å². The summed E-state index contributed by atoms with van der Waals surface area (Å²) >= 11 is 0. The number of fused-ring (bicyclic) bond motifs is 1. The zero-order chi connectivity index (χ0) is 25.9. The van der Waals surface area contributed by atoms with E-state index in [0.29, 0.717) is 17.4 Å². The first-order valence-electron chi connectivity index (χ1n) is 13.3. The van der Waals surface area contributed by atoms with Crippen molar-refractivity contribution in [2.75, 3.05) is 5.32 Å². The molecule has 2 heterocycles. The standard InChI is InChI=1S/C30H30N6O2/c1-35-24(12-15-32-35)28(37)34-26(25-23-5-3-2-4-20(23)18-30(25)13-14-30)29(38)33-21-8-6-19(7-9-21)27-31-16-17-36(27)22-10-11-22/h2-9,12,15-17,22,25-26H,10-11,13-14,18H2,1H3,(H,33,38)(H,34,37)/t25?,26-/m0/s1. The van der Waals surface area contributed by atoms with Crippen LogP contribution >= 0.6 is 0 Å². The van der Waals surface area contributed by atoms with E-state index in [9.17, 15) is 9.59 Å². The van der Waals surface area contributed by atoms with Crippen LogP contribution in [0, 0.1) is 5.41 Å². The van der Waals surface area contributed by atoms with Gasteiger partial charge in [0.15, 0.2) is 0 Å². The van der Waals surface area contributed by atoms with Crippen molar-refractivity contribution in [1.82, 2.24) is 24.6 Å². The molecule has 2 aromatic carbocycles. The molecule has 1 unspecified atom stereocenters. The van der Waals surface area contributed by atoms with Crippen LogP contribution in [0.1, 0.15) is 59.3 Å². The number of nitrogens with zero attached hydrogens (tertiary/aromatic N) is 4. The number of aryl methyl sites for hydroxylation is 1. The number of rotatable bonds is 7. The van der Waals surface area contributed by atoms with Crippen molar-refractivity contribution in [3.63, 3.8) is 0 Å². The average Bonchev–Trinajstić information content (AvgIpc) is 3.77. The van der Waals surface area contributed by atoms with Gasteiger partial charge >= 0.3 is 0 Å². The van der Waals surface area contributed by atoms with Gasteiger partial charge < -0.3 is 15.2 Å². The van der Waals surface area contributed by atoms with E-state index in [1.54, 1.807) is 19.3 Å². The summed E-state index contributed by atoms with van der Waals surface area (Å²) in [6.07, 6.45) is 10.9. The minimum absolute atomic E-state index is 0.0230. The summed E-state index contributed by atoms with van der Waals surface area (Å²) in [5.41, 5.74) is 4.60. The Bertz CT molecular complexity index is 1530. The molecule has 0 bridgehead atoms. The molecule has 0 aliphatic heterocycles. The van der Waals surface area contributed by atoms with Gasteiger partial charge in [-0.15, -0.1) is 0 Å². The van der Waals surface area contributed by atoms with Gasteiger partial charge in [-0.2, -0.15) is 5.10 Å². The van der Waals surface area contributed by atoms with Gasteiger partial charge in [-0.1, -0.05) is 24.3 Å². The Morgan fingerprint density at radius 3 is 2.53 bits per heavy atom. The fourth-order valence-corrected chi connectivity index (χ4v) is 6.22. The van der Waals surface area contributed by atoms with E-state index in [1.165, 1.54) is 23.1 Å². The van der Waals surface area contributed by atoms with E-state index in [1.807, 2.05) is 42.7 Å². The van der Waals surface area contributed by atoms with Crippen LogP contribution in [-0.2, 0) is 18.3 Å². The number of benzene rings is 2. The molecular weight excluding hydrogens is 476 g/mol. The molecule has 7 rings (SSSR count). The minimum atomic E-state index is -0.711. The lowest BCUT2D eigenvalue weighted by molar-refractivity contribution is -0.118. The maximum absolute atomic E-state index is 13.9. The van der Waals surface area contributed by atoms with E-state index >= 15 is 0 Å². The van der Waals surface area contributed by atoms with Crippen molar-refractivity contribution < 1.29 is 9.59 Å². The van der Waals surface area contributed by atoms with Crippen LogP contribution in [0.3, 0.4) is 0 Å². The molecule has 4 aromatic rings. The highest BCUT2D eigenvalue weighted by atomic mass is 16.2. The molecular formula is C30H30N6O2. The summed E-state index contributed by atoms with van der Waals surface area (Å²) in [5.74, 6) is 0.361. The molecule has 0 radical (unpaired) electrons. The van der Waals surface area contributed by atoms with Gasteiger partial charge in [0.05, 0.1) is 0 Å². The number of imidazole rings is 1. The van der Waals surface area contributed by atoms with Crippen molar-refractivity contribution in [1.29, 1.82) is 0 Å². The first-order valence-corrected chi connectivity index (χ1v) is 13.3. The quantitative estimate of drug-likeness (QED) is 0.387. The predicted octanol–water partition coefficient (Wildman–Crippen LogP) is 4.48. The van der Waals surface area contributed by atoms with E-state index < -0.39 is 6.04 Å². The molecule has 2 fully saturated rings. The summed E-state index contributed by atoms with van der Waals surface area (Å²) in [4.78, 5) is 31.8. The number of carbonyl (C=O) groups is 2. The van der Waals surface area contributed by atoms with Gasteiger partial charge in [-0.3, -0.25) is 14.3 Å². The fourth-order valence-electron chi connectivity index (χ4n) is 6.22. The van der Waals surface area contributed by atoms with E-state index in [2.05, 4.69) is 43.5 Å². The first-order chi connectivity index (χ1) is 18.5. The third kappa shape index (κ3) is 3.91. The summed E-state index contributed by atoms with van der Waals surface area (Å²) in [7, 11) is 1.73. The van der Waals surface area contributed by atoms with Crippen LogP contribution in [0.2, 0.25) is 0 Å². The van der Waals surface area contributed by atoms with Crippen LogP contribution < -0.4 is 10.6 Å². The van der Waals surface area contributed by atoms with Crippen LogP contribution in [0.5, 0.6) is 0 Å². The Morgan fingerprint density at radius 1 is 1.03 bits per heavy atom. The molecule has 2 N–H and O–H groups in total. The normalized spacial score (nSPS) is 19.7. The molecule has 0 saturated heterocycles. The fraction of sp³-hybridized carbons (Fsp3) is 0.333. The Balaban J connectivity index is 1.17.